The van der Waals surface area contributed by atoms with E-state index in [1.165, 1.54) is 37.8 Å². The molecule has 1 amide bonds. The molecule has 0 atom stereocenters. The lowest BCUT2D eigenvalue weighted by Gasteiger charge is -2.03. The van der Waals surface area contributed by atoms with Crippen LogP contribution < -0.4 is 5.32 Å². The van der Waals surface area contributed by atoms with Crippen LogP contribution in [0.1, 0.15) is 66.6 Å². The second kappa shape index (κ2) is 8.34. The lowest BCUT2D eigenvalue weighted by atomic mass is 10.1. The number of carboxylic acid groups (broad SMARTS) is 1. The van der Waals surface area contributed by atoms with Crippen LogP contribution in [0.25, 0.3) is 0 Å². The highest BCUT2D eigenvalue weighted by molar-refractivity contribution is 5.93. The van der Waals surface area contributed by atoms with Gasteiger partial charge in [-0.2, -0.15) is 0 Å². The number of nitrogens with one attached hydrogen (secondary N) is 1. The molecule has 0 aromatic carbocycles. The van der Waals surface area contributed by atoms with Crippen molar-refractivity contribution in [3.8, 4) is 0 Å². The van der Waals surface area contributed by atoms with Crippen molar-refractivity contribution in [2.45, 2.75) is 45.4 Å². The van der Waals surface area contributed by atoms with Crippen LogP contribution in [0.3, 0.4) is 0 Å². The number of carbonyl (C=O) groups excluding carboxylic acids is 1. The van der Waals surface area contributed by atoms with E-state index in [1.807, 2.05) is 0 Å². The Hall–Kier alpha value is -1.78. The molecule has 106 valence electrons. The van der Waals surface area contributed by atoms with E-state index in [0.717, 1.165) is 12.8 Å². The van der Waals surface area contributed by atoms with E-state index in [1.54, 1.807) is 0 Å². The quantitative estimate of drug-likeness (QED) is 0.674. The minimum absolute atomic E-state index is 0.0448. The molecular weight excluding hydrogens is 246 g/mol. The van der Waals surface area contributed by atoms with E-state index < -0.39 is 5.97 Å². The first-order chi connectivity index (χ1) is 9.15. The third-order valence-electron chi connectivity index (χ3n) is 2.86. The summed E-state index contributed by atoms with van der Waals surface area (Å²) in [6.45, 7) is 2.77. The molecule has 0 unspecified atom stereocenters. The number of unbranched alkanes of at least 4 members (excludes halogenated alkanes) is 5. The maximum atomic E-state index is 11.6. The Morgan fingerprint density at radius 3 is 2.37 bits per heavy atom. The van der Waals surface area contributed by atoms with Crippen molar-refractivity contribution in [2.24, 2.45) is 0 Å². The lowest BCUT2D eigenvalue weighted by molar-refractivity contribution is 0.0659. The third-order valence-corrected chi connectivity index (χ3v) is 2.86. The monoisotopic (exact) mass is 267 g/mol. The Morgan fingerprint density at radius 1 is 1.11 bits per heavy atom. The summed E-state index contributed by atoms with van der Waals surface area (Å²) in [5.41, 5.74) is 0. The molecule has 0 saturated carbocycles. The number of carboxylic acids is 1. The summed E-state index contributed by atoms with van der Waals surface area (Å²) in [5, 5.41) is 11.4. The molecule has 0 aliphatic carbocycles. The first kappa shape index (κ1) is 15.3. The summed E-state index contributed by atoms with van der Waals surface area (Å²) in [7, 11) is 0. The van der Waals surface area contributed by atoms with Crippen molar-refractivity contribution < 1.29 is 19.1 Å². The SMILES string of the molecule is CCCCCCCCNC(=O)c1ccc(C(=O)O)o1. The summed E-state index contributed by atoms with van der Waals surface area (Å²) >= 11 is 0. The molecule has 0 bridgehead atoms. The summed E-state index contributed by atoms with van der Waals surface area (Å²) < 4.78 is 4.91. The Morgan fingerprint density at radius 2 is 1.74 bits per heavy atom. The molecule has 1 heterocycles. The summed E-state index contributed by atoms with van der Waals surface area (Å²) in [4.78, 5) is 22.2. The molecular formula is C14H21NO4. The first-order valence-electron chi connectivity index (χ1n) is 6.76. The van der Waals surface area contributed by atoms with E-state index >= 15 is 0 Å². The predicted octanol–water partition coefficient (Wildman–Crippen LogP) is 3.07. The van der Waals surface area contributed by atoms with Crippen LogP contribution >= 0.6 is 0 Å². The molecule has 0 spiro atoms. The zero-order valence-electron chi connectivity index (χ0n) is 11.3. The van der Waals surface area contributed by atoms with Gasteiger partial charge in [0.15, 0.2) is 5.76 Å². The van der Waals surface area contributed by atoms with Gasteiger partial charge in [0, 0.05) is 6.54 Å². The Labute approximate surface area is 113 Å². The summed E-state index contributed by atoms with van der Waals surface area (Å²) in [5.74, 6) is -1.70. The molecule has 5 heteroatoms. The lowest BCUT2D eigenvalue weighted by Crippen LogP contribution is -2.23. The van der Waals surface area contributed by atoms with Crippen LogP contribution in [0.2, 0.25) is 0 Å². The van der Waals surface area contributed by atoms with Crippen LogP contribution in [0, 0.1) is 0 Å². The average molecular weight is 267 g/mol. The van der Waals surface area contributed by atoms with E-state index in [2.05, 4.69) is 12.2 Å². The van der Waals surface area contributed by atoms with E-state index in [0.29, 0.717) is 6.54 Å². The first-order valence-corrected chi connectivity index (χ1v) is 6.76. The van der Waals surface area contributed by atoms with Gasteiger partial charge in [0.1, 0.15) is 0 Å². The Bertz CT molecular complexity index is 411. The van der Waals surface area contributed by atoms with Crippen molar-refractivity contribution in [1.82, 2.24) is 5.32 Å². The highest BCUT2D eigenvalue weighted by Gasteiger charge is 2.13. The number of hydrogen-bond acceptors (Lipinski definition) is 3. The minimum Gasteiger partial charge on any atom is -0.475 e. The van der Waals surface area contributed by atoms with Crippen LogP contribution in [0.4, 0.5) is 0 Å². The predicted molar refractivity (Wildman–Crippen MR) is 71.4 cm³/mol. The molecule has 1 aromatic rings. The van der Waals surface area contributed by atoms with E-state index in [4.69, 9.17) is 9.52 Å². The van der Waals surface area contributed by atoms with Gasteiger partial charge in [0.2, 0.25) is 5.76 Å². The second-order valence-electron chi connectivity index (χ2n) is 4.49. The largest absolute Gasteiger partial charge is 0.475 e. The van der Waals surface area contributed by atoms with Crippen LogP contribution in [-0.4, -0.2) is 23.5 Å². The van der Waals surface area contributed by atoms with Crippen molar-refractivity contribution in [2.75, 3.05) is 6.54 Å². The highest BCUT2D eigenvalue weighted by atomic mass is 16.4. The maximum Gasteiger partial charge on any atom is 0.371 e. The maximum absolute atomic E-state index is 11.6. The van der Waals surface area contributed by atoms with Gasteiger partial charge in [0.25, 0.3) is 5.91 Å². The third kappa shape index (κ3) is 5.59. The zero-order chi connectivity index (χ0) is 14.1. The molecule has 1 aromatic heterocycles. The van der Waals surface area contributed by atoms with Crippen LogP contribution in [-0.2, 0) is 0 Å². The molecule has 19 heavy (non-hydrogen) atoms. The van der Waals surface area contributed by atoms with Crippen molar-refractivity contribution in [3.05, 3.63) is 23.7 Å². The standard InChI is InChI=1S/C14H21NO4/c1-2-3-4-5-6-7-10-15-13(16)11-8-9-12(19-11)14(17)18/h8-9H,2-7,10H2,1H3,(H,15,16)(H,17,18). The normalized spacial score (nSPS) is 10.4. The number of carbonyl (C=O) groups is 2. The van der Waals surface area contributed by atoms with Gasteiger partial charge < -0.3 is 14.8 Å². The molecule has 0 aliphatic rings. The van der Waals surface area contributed by atoms with E-state index in [9.17, 15) is 9.59 Å². The number of amides is 1. The smallest absolute Gasteiger partial charge is 0.371 e. The summed E-state index contributed by atoms with van der Waals surface area (Å²) in [6, 6.07) is 2.65. The fourth-order valence-electron chi connectivity index (χ4n) is 1.77. The minimum atomic E-state index is -1.17. The highest BCUT2D eigenvalue weighted by Crippen LogP contribution is 2.08. The molecule has 0 aliphatic heterocycles. The van der Waals surface area contributed by atoms with E-state index in [-0.39, 0.29) is 17.4 Å². The fraction of sp³-hybridized carbons (Fsp3) is 0.571. The molecule has 0 radical (unpaired) electrons. The van der Waals surface area contributed by atoms with Crippen molar-refractivity contribution in [3.63, 3.8) is 0 Å². The molecule has 0 saturated heterocycles. The van der Waals surface area contributed by atoms with Gasteiger partial charge >= 0.3 is 5.97 Å². The zero-order valence-corrected chi connectivity index (χ0v) is 11.3. The van der Waals surface area contributed by atoms with Crippen LogP contribution in [0.5, 0.6) is 0 Å². The molecule has 2 N–H and O–H groups in total. The number of furan rings is 1. The van der Waals surface area contributed by atoms with Gasteiger partial charge in [0.05, 0.1) is 0 Å². The second-order valence-corrected chi connectivity index (χ2v) is 4.49. The van der Waals surface area contributed by atoms with Crippen molar-refractivity contribution >= 4 is 11.9 Å². The van der Waals surface area contributed by atoms with Gasteiger partial charge in [-0.1, -0.05) is 39.0 Å². The molecule has 1 rings (SSSR count). The number of rotatable bonds is 9. The fourth-order valence-corrected chi connectivity index (χ4v) is 1.77. The number of hydrogen-bond donors (Lipinski definition) is 2. The van der Waals surface area contributed by atoms with Gasteiger partial charge in [-0.25, -0.2) is 4.79 Å². The summed E-state index contributed by atoms with van der Waals surface area (Å²) in [6.07, 6.45) is 6.94. The molecule has 5 nitrogen and oxygen atoms in total. The van der Waals surface area contributed by atoms with Crippen molar-refractivity contribution in [1.29, 1.82) is 0 Å². The van der Waals surface area contributed by atoms with Gasteiger partial charge in [-0.3, -0.25) is 4.79 Å². The topological polar surface area (TPSA) is 79.5 Å². The Kier molecular flexibility index (Phi) is 6.71. The van der Waals surface area contributed by atoms with Gasteiger partial charge in [-0.15, -0.1) is 0 Å². The average Bonchev–Trinajstić information content (AvgIpc) is 2.87. The number of aromatic carboxylic acids is 1. The molecule has 0 fully saturated rings. The van der Waals surface area contributed by atoms with Crippen LogP contribution in [0.15, 0.2) is 16.5 Å². The Balaban J connectivity index is 2.18. The van der Waals surface area contributed by atoms with Gasteiger partial charge in [-0.05, 0) is 18.6 Å².